The lowest BCUT2D eigenvalue weighted by Crippen LogP contribution is -2.15. The van der Waals surface area contributed by atoms with Gasteiger partial charge in [-0.25, -0.2) is 23.1 Å². The maximum absolute atomic E-state index is 13.8. The summed E-state index contributed by atoms with van der Waals surface area (Å²) in [7, 11) is 0. The molecule has 27 heavy (non-hydrogen) atoms. The summed E-state index contributed by atoms with van der Waals surface area (Å²) in [5.74, 6) is -2.79. The summed E-state index contributed by atoms with van der Waals surface area (Å²) in [6, 6.07) is 8.13. The number of hydrogen-bond donors (Lipinski definition) is 2. The molecule has 0 bridgehead atoms. The van der Waals surface area contributed by atoms with E-state index in [1.54, 1.807) is 6.92 Å². The van der Waals surface area contributed by atoms with Gasteiger partial charge in [-0.3, -0.25) is 4.79 Å². The molecule has 0 aliphatic rings. The Morgan fingerprint density at radius 2 is 1.78 bits per heavy atom. The van der Waals surface area contributed by atoms with Crippen LogP contribution >= 0.6 is 11.6 Å². The van der Waals surface area contributed by atoms with Gasteiger partial charge in [0.2, 0.25) is 5.95 Å². The first-order valence-electron chi connectivity index (χ1n) is 7.66. The first-order chi connectivity index (χ1) is 12.8. The number of halogens is 4. The standard InChI is InChI=1S/C18H12ClF3N4O/c1-9-6-16(17(27)24-11-3-4-13(21)12(19)8-11)26-18(23-9)25-15-5-2-10(20)7-14(15)22/h2-8H,1H3,(H,24,27)(H,23,25,26). The first-order valence-corrected chi connectivity index (χ1v) is 8.04. The number of nitrogens with one attached hydrogen (secondary N) is 2. The quantitative estimate of drug-likeness (QED) is 0.666. The largest absolute Gasteiger partial charge is 0.322 e. The van der Waals surface area contributed by atoms with Crippen molar-refractivity contribution >= 4 is 34.8 Å². The zero-order chi connectivity index (χ0) is 19.6. The summed E-state index contributed by atoms with van der Waals surface area (Å²) in [5, 5.41) is 4.99. The zero-order valence-electron chi connectivity index (χ0n) is 13.9. The molecule has 0 spiro atoms. The van der Waals surface area contributed by atoms with Crippen molar-refractivity contribution in [2.75, 3.05) is 10.6 Å². The molecule has 1 heterocycles. The number of rotatable bonds is 4. The average molecular weight is 393 g/mol. The molecular weight excluding hydrogens is 381 g/mol. The molecule has 138 valence electrons. The maximum Gasteiger partial charge on any atom is 0.274 e. The van der Waals surface area contributed by atoms with E-state index < -0.39 is 23.4 Å². The van der Waals surface area contributed by atoms with Crippen molar-refractivity contribution < 1.29 is 18.0 Å². The lowest BCUT2D eigenvalue weighted by molar-refractivity contribution is 0.102. The van der Waals surface area contributed by atoms with Gasteiger partial charge in [0.25, 0.3) is 5.91 Å². The van der Waals surface area contributed by atoms with Crippen molar-refractivity contribution in [3.8, 4) is 0 Å². The van der Waals surface area contributed by atoms with Crippen LogP contribution in [0.4, 0.5) is 30.5 Å². The van der Waals surface area contributed by atoms with Crippen LogP contribution < -0.4 is 10.6 Å². The molecule has 0 saturated heterocycles. The second-order valence-electron chi connectivity index (χ2n) is 5.55. The van der Waals surface area contributed by atoms with Crippen LogP contribution in [0.3, 0.4) is 0 Å². The minimum absolute atomic E-state index is 0.00651. The normalized spacial score (nSPS) is 10.6. The molecule has 9 heteroatoms. The third-order valence-corrected chi connectivity index (χ3v) is 3.73. The van der Waals surface area contributed by atoms with Crippen molar-refractivity contribution in [2.45, 2.75) is 6.92 Å². The maximum atomic E-state index is 13.8. The van der Waals surface area contributed by atoms with Crippen LogP contribution in [0.1, 0.15) is 16.2 Å². The second-order valence-corrected chi connectivity index (χ2v) is 5.96. The summed E-state index contributed by atoms with van der Waals surface area (Å²) < 4.78 is 40.0. The van der Waals surface area contributed by atoms with Gasteiger partial charge < -0.3 is 10.6 Å². The second kappa shape index (κ2) is 7.63. The highest BCUT2D eigenvalue weighted by atomic mass is 35.5. The van der Waals surface area contributed by atoms with E-state index in [9.17, 15) is 18.0 Å². The summed E-state index contributed by atoms with van der Waals surface area (Å²) in [6.45, 7) is 1.62. The summed E-state index contributed by atoms with van der Waals surface area (Å²) >= 11 is 5.69. The molecule has 0 radical (unpaired) electrons. The Balaban J connectivity index is 1.83. The Morgan fingerprint density at radius 1 is 1.00 bits per heavy atom. The minimum Gasteiger partial charge on any atom is -0.322 e. The third kappa shape index (κ3) is 4.53. The highest BCUT2D eigenvalue weighted by Gasteiger charge is 2.13. The molecule has 0 unspecified atom stereocenters. The van der Waals surface area contributed by atoms with Crippen LogP contribution in [0.25, 0.3) is 0 Å². The molecule has 0 atom stereocenters. The SMILES string of the molecule is Cc1cc(C(=O)Nc2ccc(F)c(Cl)c2)nc(Nc2ccc(F)cc2F)n1. The highest BCUT2D eigenvalue weighted by molar-refractivity contribution is 6.31. The van der Waals surface area contributed by atoms with Gasteiger partial charge in [-0.15, -0.1) is 0 Å². The first kappa shape index (κ1) is 18.7. The lowest BCUT2D eigenvalue weighted by Gasteiger charge is -2.10. The van der Waals surface area contributed by atoms with E-state index in [-0.39, 0.29) is 28.0 Å². The molecule has 5 nitrogen and oxygen atoms in total. The van der Waals surface area contributed by atoms with E-state index in [2.05, 4.69) is 20.6 Å². The van der Waals surface area contributed by atoms with E-state index in [1.165, 1.54) is 24.3 Å². The van der Waals surface area contributed by atoms with E-state index in [0.717, 1.165) is 12.1 Å². The number of benzene rings is 2. The Hall–Kier alpha value is -3.13. The average Bonchev–Trinajstić information content (AvgIpc) is 2.60. The molecule has 0 fully saturated rings. The van der Waals surface area contributed by atoms with Gasteiger partial charge in [-0.05, 0) is 43.3 Å². The molecule has 2 aromatic carbocycles. The van der Waals surface area contributed by atoms with Crippen molar-refractivity contribution in [3.05, 3.63) is 76.3 Å². The van der Waals surface area contributed by atoms with E-state index in [4.69, 9.17) is 11.6 Å². The van der Waals surface area contributed by atoms with Gasteiger partial charge in [0, 0.05) is 17.4 Å². The molecule has 1 aromatic heterocycles. The third-order valence-electron chi connectivity index (χ3n) is 3.44. The van der Waals surface area contributed by atoms with Crippen molar-refractivity contribution in [2.24, 2.45) is 0 Å². The Kier molecular flexibility index (Phi) is 5.27. The molecule has 3 rings (SSSR count). The molecule has 2 N–H and O–H groups in total. The fourth-order valence-electron chi connectivity index (χ4n) is 2.22. The molecule has 1 amide bonds. The summed E-state index contributed by atoms with van der Waals surface area (Å²) in [6.07, 6.45) is 0. The number of anilines is 3. The molecule has 3 aromatic rings. The minimum atomic E-state index is -0.827. The van der Waals surface area contributed by atoms with Gasteiger partial charge in [0.1, 0.15) is 23.1 Å². The van der Waals surface area contributed by atoms with Crippen molar-refractivity contribution in [1.29, 1.82) is 0 Å². The van der Waals surface area contributed by atoms with Crippen LogP contribution in [0.2, 0.25) is 5.02 Å². The van der Waals surface area contributed by atoms with Gasteiger partial charge >= 0.3 is 0 Å². The Bertz CT molecular complexity index is 1030. The summed E-state index contributed by atoms with van der Waals surface area (Å²) in [5.41, 5.74) is 0.672. The van der Waals surface area contributed by atoms with E-state index in [1.807, 2.05) is 0 Å². The number of aryl methyl sites for hydroxylation is 1. The number of aromatic nitrogens is 2. The Labute approximate surface area is 157 Å². The van der Waals surface area contributed by atoms with E-state index in [0.29, 0.717) is 11.8 Å². The molecule has 0 aliphatic carbocycles. The van der Waals surface area contributed by atoms with Gasteiger partial charge in [0.05, 0.1) is 10.7 Å². The molecule has 0 aliphatic heterocycles. The van der Waals surface area contributed by atoms with Crippen molar-refractivity contribution in [3.63, 3.8) is 0 Å². The fourth-order valence-corrected chi connectivity index (χ4v) is 2.40. The highest BCUT2D eigenvalue weighted by Crippen LogP contribution is 2.21. The predicted molar refractivity (Wildman–Crippen MR) is 95.8 cm³/mol. The van der Waals surface area contributed by atoms with Gasteiger partial charge in [-0.1, -0.05) is 11.6 Å². The van der Waals surface area contributed by atoms with E-state index >= 15 is 0 Å². The van der Waals surface area contributed by atoms with Crippen LogP contribution in [-0.2, 0) is 0 Å². The smallest absolute Gasteiger partial charge is 0.274 e. The number of amides is 1. The zero-order valence-corrected chi connectivity index (χ0v) is 14.6. The fraction of sp³-hybridized carbons (Fsp3) is 0.0556. The van der Waals surface area contributed by atoms with Crippen LogP contribution in [0.15, 0.2) is 42.5 Å². The monoisotopic (exact) mass is 392 g/mol. The van der Waals surface area contributed by atoms with Crippen LogP contribution in [-0.4, -0.2) is 15.9 Å². The summed E-state index contributed by atoms with van der Waals surface area (Å²) in [4.78, 5) is 20.5. The van der Waals surface area contributed by atoms with Gasteiger partial charge in [-0.2, -0.15) is 0 Å². The van der Waals surface area contributed by atoms with Gasteiger partial charge in [0.15, 0.2) is 0 Å². The van der Waals surface area contributed by atoms with Crippen LogP contribution in [0.5, 0.6) is 0 Å². The topological polar surface area (TPSA) is 66.9 Å². The lowest BCUT2D eigenvalue weighted by atomic mass is 10.2. The number of carbonyl (C=O) groups excluding carboxylic acids is 1. The number of hydrogen-bond acceptors (Lipinski definition) is 4. The Morgan fingerprint density at radius 3 is 2.48 bits per heavy atom. The number of carbonyl (C=O) groups is 1. The number of nitrogens with zero attached hydrogens (tertiary/aromatic N) is 2. The van der Waals surface area contributed by atoms with Crippen molar-refractivity contribution in [1.82, 2.24) is 9.97 Å². The molecule has 0 saturated carbocycles. The van der Waals surface area contributed by atoms with Crippen LogP contribution in [0, 0.1) is 24.4 Å². The predicted octanol–water partition coefficient (Wildman–Crippen LogP) is 4.85. The molecular formula is C18H12ClF3N4O.